The fourth-order valence-electron chi connectivity index (χ4n) is 3.68. The highest BCUT2D eigenvalue weighted by Gasteiger charge is 2.56. The molecule has 1 aromatic carbocycles. The Morgan fingerprint density at radius 1 is 1.29 bits per heavy atom. The van der Waals surface area contributed by atoms with Gasteiger partial charge in [0.25, 0.3) is 0 Å². The molecule has 0 aromatic heterocycles. The number of methoxy groups -OCH3 is 1. The SMILES string of the molecule is COC(=O)C1C2CC(C)(C)OC2CN1C(=O)OCc1ccccc1. The summed E-state index contributed by atoms with van der Waals surface area (Å²) in [6.45, 7) is 4.52. The Morgan fingerprint density at radius 3 is 2.67 bits per heavy atom. The summed E-state index contributed by atoms with van der Waals surface area (Å²) in [7, 11) is 1.34. The summed E-state index contributed by atoms with van der Waals surface area (Å²) in [6.07, 6.45) is 0.0401. The van der Waals surface area contributed by atoms with Gasteiger partial charge >= 0.3 is 12.1 Å². The largest absolute Gasteiger partial charge is 0.467 e. The third kappa shape index (κ3) is 3.24. The Hall–Kier alpha value is -2.08. The molecule has 2 saturated heterocycles. The van der Waals surface area contributed by atoms with E-state index in [0.29, 0.717) is 13.0 Å². The van der Waals surface area contributed by atoms with E-state index in [-0.39, 0.29) is 24.2 Å². The molecule has 0 N–H and O–H groups in total. The average Bonchev–Trinajstić information content (AvgIpc) is 3.04. The Bertz CT molecular complexity index is 615. The molecule has 0 bridgehead atoms. The molecule has 6 heteroatoms. The lowest BCUT2D eigenvalue weighted by Gasteiger charge is -2.27. The van der Waals surface area contributed by atoms with Crippen LogP contribution in [0, 0.1) is 5.92 Å². The van der Waals surface area contributed by atoms with E-state index in [1.807, 2.05) is 44.2 Å². The van der Waals surface area contributed by atoms with Crippen LogP contribution in [-0.4, -0.2) is 48.4 Å². The zero-order chi connectivity index (χ0) is 17.3. The van der Waals surface area contributed by atoms with E-state index >= 15 is 0 Å². The Labute approximate surface area is 141 Å². The van der Waals surface area contributed by atoms with Crippen molar-refractivity contribution in [3.63, 3.8) is 0 Å². The van der Waals surface area contributed by atoms with E-state index in [1.54, 1.807) is 0 Å². The van der Waals surface area contributed by atoms with Crippen LogP contribution in [-0.2, 0) is 25.6 Å². The summed E-state index contributed by atoms with van der Waals surface area (Å²) in [5.41, 5.74) is 0.610. The highest BCUT2D eigenvalue weighted by molar-refractivity contribution is 5.82. The van der Waals surface area contributed by atoms with Gasteiger partial charge in [0.2, 0.25) is 0 Å². The molecule has 3 rings (SSSR count). The van der Waals surface area contributed by atoms with Gasteiger partial charge in [-0.1, -0.05) is 30.3 Å². The first-order valence-electron chi connectivity index (χ1n) is 8.14. The number of carbonyl (C=O) groups is 2. The van der Waals surface area contributed by atoms with Gasteiger partial charge in [0.05, 0.1) is 25.4 Å². The molecule has 1 amide bonds. The lowest BCUT2D eigenvalue weighted by atomic mass is 9.90. The Balaban J connectivity index is 1.70. The van der Waals surface area contributed by atoms with Crippen molar-refractivity contribution in [2.24, 2.45) is 5.92 Å². The van der Waals surface area contributed by atoms with E-state index in [4.69, 9.17) is 14.2 Å². The standard InChI is InChI=1S/C18H23NO5/c1-18(2)9-13-14(24-18)10-19(15(13)16(20)22-3)17(21)23-11-12-7-5-4-6-8-12/h4-8,13-15H,9-11H2,1-3H3. The van der Waals surface area contributed by atoms with Crippen LogP contribution in [0.2, 0.25) is 0 Å². The maximum atomic E-state index is 12.5. The summed E-state index contributed by atoms with van der Waals surface area (Å²) >= 11 is 0. The zero-order valence-electron chi connectivity index (χ0n) is 14.2. The highest BCUT2D eigenvalue weighted by atomic mass is 16.6. The molecular formula is C18H23NO5. The van der Waals surface area contributed by atoms with Gasteiger partial charge in [-0.05, 0) is 25.8 Å². The second-order valence-electron chi connectivity index (χ2n) is 6.94. The van der Waals surface area contributed by atoms with Gasteiger partial charge in [0.1, 0.15) is 12.6 Å². The monoisotopic (exact) mass is 333 g/mol. The van der Waals surface area contributed by atoms with Crippen LogP contribution in [0.5, 0.6) is 0 Å². The lowest BCUT2D eigenvalue weighted by Crippen LogP contribution is -2.45. The number of nitrogens with zero attached hydrogens (tertiary/aromatic N) is 1. The summed E-state index contributed by atoms with van der Waals surface area (Å²) in [6, 6.07) is 8.79. The minimum absolute atomic E-state index is 0.0586. The van der Waals surface area contributed by atoms with Gasteiger partial charge in [-0.3, -0.25) is 4.90 Å². The van der Waals surface area contributed by atoms with Crippen molar-refractivity contribution in [2.75, 3.05) is 13.7 Å². The van der Waals surface area contributed by atoms with E-state index in [1.165, 1.54) is 12.0 Å². The lowest BCUT2D eigenvalue weighted by molar-refractivity contribution is -0.146. The molecule has 0 aliphatic carbocycles. The number of carbonyl (C=O) groups excluding carboxylic acids is 2. The van der Waals surface area contributed by atoms with E-state index < -0.39 is 18.1 Å². The molecule has 0 radical (unpaired) electrons. The minimum Gasteiger partial charge on any atom is -0.467 e. The summed E-state index contributed by atoms with van der Waals surface area (Å²) < 4.78 is 16.3. The molecule has 2 fully saturated rings. The maximum absolute atomic E-state index is 12.5. The molecule has 0 spiro atoms. The number of fused-ring (bicyclic) bond motifs is 1. The fourth-order valence-corrected chi connectivity index (χ4v) is 3.68. The summed E-state index contributed by atoms with van der Waals surface area (Å²) in [4.78, 5) is 26.2. The minimum atomic E-state index is -0.648. The number of likely N-dealkylation sites (tertiary alicyclic amines) is 1. The molecule has 24 heavy (non-hydrogen) atoms. The predicted molar refractivity (Wildman–Crippen MR) is 86.2 cm³/mol. The molecule has 130 valence electrons. The van der Waals surface area contributed by atoms with Crippen LogP contribution in [0.15, 0.2) is 30.3 Å². The zero-order valence-corrected chi connectivity index (χ0v) is 14.2. The number of esters is 1. The molecule has 3 unspecified atom stereocenters. The van der Waals surface area contributed by atoms with Gasteiger partial charge in [0.15, 0.2) is 0 Å². The quantitative estimate of drug-likeness (QED) is 0.795. The van der Waals surface area contributed by atoms with Crippen LogP contribution in [0.3, 0.4) is 0 Å². The van der Waals surface area contributed by atoms with Crippen molar-refractivity contribution in [2.45, 2.75) is 44.6 Å². The van der Waals surface area contributed by atoms with Gasteiger partial charge in [0, 0.05) is 5.92 Å². The Kier molecular flexibility index (Phi) is 4.49. The fraction of sp³-hybridized carbons (Fsp3) is 0.556. The topological polar surface area (TPSA) is 65.1 Å². The number of rotatable bonds is 3. The summed E-state index contributed by atoms with van der Waals surface area (Å²) in [5.74, 6) is -0.475. The number of benzene rings is 1. The number of hydrogen-bond acceptors (Lipinski definition) is 5. The van der Waals surface area contributed by atoms with Crippen LogP contribution < -0.4 is 0 Å². The van der Waals surface area contributed by atoms with Crippen molar-refractivity contribution < 1.29 is 23.8 Å². The predicted octanol–water partition coefficient (Wildman–Crippen LogP) is 2.36. The Morgan fingerprint density at radius 2 is 2.00 bits per heavy atom. The first-order chi connectivity index (χ1) is 11.4. The second kappa shape index (κ2) is 6.43. The van der Waals surface area contributed by atoms with E-state index in [9.17, 15) is 9.59 Å². The number of ether oxygens (including phenoxy) is 3. The van der Waals surface area contributed by atoms with Crippen LogP contribution in [0.25, 0.3) is 0 Å². The average molecular weight is 333 g/mol. The third-order valence-electron chi connectivity index (χ3n) is 4.68. The van der Waals surface area contributed by atoms with Crippen molar-refractivity contribution in [1.29, 1.82) is 0 Å². The third-order valence-corrected chi connectivity index (χ3v) is 4.68. The normalized spacial score (nSPS) is 27.6. The maximum Gasteiger partial charge on any atom is 0.410 e. The number of amides is 1. The first kappa shape index (κ1) is 16.8. The molecule has 2 aliphatic heterocycles. The molecule has 3 atom stereocenters. The second-order valence-corrected chi connectivity index (χ2v) is 6.94. The van der Waals surface area contributed by atoms with Gasteiger partial charge < -0.3 is 14.2 Å². The van der Waals surface area contributed by atoms with Crippen molar-refractivity contribution in [3.8, 4) is 0 Å². The van der Waals surface area contributed by atoms with Gasteiger partial charge in [-0.25, -0.2) is 9.59 Å². The summed E-state index contributed by atoms with van der Waals surface area (Å²) in [5, 5.41) is 0. The molecular weight excluding hydrogens is 310 g/mol. The van der Waals surface area contributed by atoms with Crippen molar-refractivity contribution >= 4 is 12.1 Å². The smallest absolute Gasteiger partial charge is 0.410 e. The molecule has 2 heterocycles. The molecule has 2 aliphatic rings. The van der Waals surface area contributed by atoms with Crippen LogP contribution in [0.4, 0.5) is 4.79 Å². The van der Waals surface area contributed by atoms with Gasteiger partial charge in [-0.2, -0.15) is 0 Å². The highest BCUT2D eigenvalue weighted by Crippen LogP contribution is 2.43. The van der Waals surface area contributed by atoms with Crippen molar-refractivity contribution in [1.82, 2.24) is 4.90 Å². The van der Waals surface area contributed by atoms with Crippen LogP contribution in [0.1, 0.15) is 25.8 Å². The molecule has 6 nitrogen and oxygen atoms in total. The van der Waals surface area contributed by atoms with Crippen LogP contribution >= 0.6 is 0 Å². The van der Waals surface area contributed by atoms with E-state index in [2.05, 4.69) is 0 Å². The van der Waals surface area contributed by atoms with Gasteiger partial charge in [-0.15, -0.1) is 0 Å². The molecule has 1 aromatic rings. The first-order valence-corrected chi connectivity index (χ1v) is 8.14. The number of hydrogen-bond donors (Lipinski definition) is 0. The van der Waals surface area contributed by atoms with Crippen molar-refractivity contribution in [3.05, 3.63) is 35.9 Å². The van der Waals surface area contributed by atoms with E-state index in [0.717, 1.165) is 5.56 Å². The molecule has 0 saturated carbocycles.